The Hall–Kier alpha value is -2.49. The Morgan fingerprint density at radius 1 is 1.22 bits per heavy atom. The third kappa shape index (κ3) is 3.29. The number of rotatable bonds is 4. The number of carbonyl (C=O) groups is 1. The van der Waals surface area contributed by atoms with Crippen molar-refractivity contribution >= 4 is 22.6 Å². The van der Waals surface area contributed by atoms with Crippen molar-refractivity contribution in [1.29, 1.82) is 0 Å². The lowest BCUT2D eigenvalue weighted by Crippen LogP contribution is -2.51. The number of fused-ring (bicyclic) bond motifs is 1. The van der Waals surface area contributed by atoms with Crippen molar-refractivity contribution in [2.75, 3.05) is 31.6 Å². The van der Waals surface area contributed by atoms with Crippen molar-refractivity contribution in [2.45, 2.75) is 25.3 Å². The summed E-state index contributed by atoms with van der Waals surface area (Å²) < 4.78 is 16.5. The highest BCUT2D eigenvalue weighted by Crippen LogP contribution is 2.35. The molecular formula is C18H22FN5O3. The minimum absolute atomic E-state index is 0.0941. The number of piperazine rings is 1. The van der Waals surface area contributed by atoms with Crippen molar-refractivity contribution in [3.63, 3.8) is 0 Å². The van der Waals surface area contributed by atoms with Crippen LogP contribution in [0.2, 0.25) is 0 Å². The molecule has 0 atom stereocenters. The van der Waals surface area contributed by atoms with Crippen LogP contribution in [0.15, 0.2) is 23.1 Å². The van der Waals surface area contributed by atoms with Crippen molar-refractivity contribution in [1.82, 2.24) is 14.6 Å². The number of nitrogens with one attached hydrogen (secondary N) is 1. The molecule has 9 heteroatoms. The van der Waals surface area contributed by atoms with Crippen LogP contribution in [0, 0.1) is 5.82 Å². The third-order valence-electron chi connectivity index (χ3n) is 5.41. The number of halogens is 1. The Bertz CT molecular complexity index is 948. The topological polar surface area (TPSA) is 104 Å². The molecule has 4 N–H and O–H groups in total. The van der Waals surface area contributed by atoms with Gasteiger partial charge < -0.3 is 15.1 Å². The number of aromatic nitrogens is 1. The van der Waals surface area contributed by atoms with Crippen LogP contribution in [0.5, 0.6) is 0 Å². The second-order valence-electron chi connectivity index (χ2n) is 7.15. The number of anilines is 1. The Labute approximate surface area is 154 Å². The van der Waals surface area contributed by atoms with Gasteiger partial charge in [-0.05, 0) is 31.4 Å². The van der Waals surface area contributed by atoms with Gasteiger partial charge in [0, 0.05) is 43.8 Å². The molecule has 0 radical (unpaired) electrons. The molecule has 0 amide bonds. The Morgan fingerprint density at radius 3 is 2.52 bits per heavy atom. The standard InChI is InChI=1S/C18H22FN5O3/c19-14-8-12-16(9-15(14)21-23-6-4-22(20)5-7-23)24(11-2-1-3-11)10-13(17(12)25)18(26)27/h8-11,21H,1-7,20H2,(H,26,27). The highest BCUT2D eigenvalue weighted by atomic mass is 19.1. The number of nitrogens with zero attached hydrogens (tertiary/aromatic N) is 3. The molecule has 27 heavy (non-hydrogen) atoms. The van der Waals surface area contributed by atoms with E-state index in [1.165, 1.54) is 6.20 Å². The minimum Gasteiger partial charge on any atom is -0.477 e. The Kier molecular flexibility index (Phi) is 4.58. The van der Waals surface area contributed by atoms with E-state index in [1.807, 2.05) is 9.58 Å². The van der Waals surface area contributed by atoms with Gasteiger partial charge in [-0.25, -0.2) is 19.2 Å². The zero-order chi connectivity index (χ0) is 19.1. The second-order valence-corrected chi connectivity index (χ2v) is 7.15. The number of hydrogen-bond donors (Lipinski definition) is 3. The van der Waals surface area contributed by atoms with Crippen molar-refractivity contribution < 1.29 is 14.3 Å². The lowest BCUT2D eigenvalue weighted by Gasteiger charge is -2.33. The van der Waals surface area contributed by atoms with Crippen LogP contribution in [0.4, 0.5) is 10.1 Å². The highest BCUT2D eigenvalue weighted by molar-refractivity contribution is 5.93. The summed E-state index contributed by atoms with van der Waals surface area (Å²) in [7, 11) is 0. The number of carboxylic acids is 1. The SMILES string of the molecule is NN1CCN(Nc2cc3c(cc2F)c(=O)c(C(=O)O)cn3C2CCC2)CC1. The molecule has 1 saturated carbocycles. The number of pyridine rings is 1. The summed E-state index contributed by atoms with van der Waals surface area (Å²) in [5, 5.41) is 13.0. The first-order valence-corrected chi connectivity index (χ1v) is 9.07. The summed E-state index contributed by atoms with van der Waals surface area (Å²) in [4.78, 5) is 24.0. The number of hydrazine groups is 2. The van der Waals surface area contributed by atoms with E-state index in [0.29, 0.717) is 31.7 Å². The fourth-order valence-electron chi connectivity index (χ4n) is 3.58. The lowest BCUT2D eigenvalue weighted by molar-refractivity contribution is 0.0694. The largest absolute Gasteiger partial charge is 0.477 e. The molecule has 8 nitrogen and oxygen atoms in total. The molecule has 1 aliphatic heterocycles. The number of carboxylic acid groups (broad SMARTS) is 1. The van der Waals surface area contributed by atoms with Gasteiger partial charge in [0.2, 0.25) is 5.43 Å². The fourth-order valence-corrected chi connectivity index (χ4v) is 3.58. The van der Waals surface area contributed by atoms with E-state index in [9.17, 15) is 19.1 Å². The number of aromatic carboxylic acids is 1. The van der Waals surface area contributed by atoms with Crippen molar-refractivity contribution in [2.24, 2.45) is 5.84 Å². The minimum atomic E-state index is -1.29. The molecular weight excluding hydrogens is 353 g/mol. The van der Waals surface area contributed by atoms with Gasteiger partial charge in [0.15, 0.2) is 0 Å². The van der Waals surface area contributed by atoms with Gasteiger partial charge in [-0.15, -0.1) is 0 Å². The van der Waals surface area contributed by atoms with Gasteiger partial charge in [-0.2, -0.15) is 0 Å². The fraction of sp³-hybridized carbons (Fsp3) is 0.444. The molecule has 1 aromatic heterocycles. The second kappa shape index (κ2) is 6.91. The third-order valence-corrected chi connectivity index (χ3v) is 5.41. The summed E-state index contributed by atoms with van der Waals surface area (Å²) in [5.74, 6) is 3.86. The van der Waals surface area contributed by atoms with E-state index in [-0.39, 0.29) is 22.7 Å². The Balaban J connectivity index is 1.79. The average molecular weight is 375 g/mol. The number of hydrogen-bond acceptors (Lipinski definition) is 6. The maximum Gasteiger partial charge on any atom is 0.341 e. The van der Waals surface area contributed by atoms with Crippen molar-refractivity contribution in [3.8, 4) is 0 Å². The van der Waals surface area contributed by atoms with Gasteiger partial charge in [0.1, 0.15) is 11.4 Å². The van der Waals surface area contributed by atoms with Crippen LogP contribution >= 0.6 is 0 Å². The molecule has 2 aromatic rings. The monoisotopic (exact) mass is 375 g/mol. The molecule has 1 aromatic carbocycles. The van der Waals surface area contributed by atoms with Gasteiger partial charge in [0.05, 0.1) is 11.2 Å². The maximum atomic E-state index is 14.7. The van der Waals surface area contributed by atoms with Crippen LogP contribution < -0.4 is 16.7 Å². The molecule has 2 heterocycles. The van der Waals surface area contributed by atoms with E-state index < -0.39 is 17.2 Å². The number of nitrogens with two attached hydrogens (primary N) is 1. The van der Waals surface area contributed by atoms with Crippen molar-refractivity contribution in [3.05, 3.63) is 39.9 Å². The smallest absolute Gasteiger partial charge is 0.341 e. The molecule has 1 aliphatic carbocycles. The first-order valence-electron chi connectivity index (χ1n) is 9.07. The van der Waals surface area contributed by atoms with E-state index in [0.717, 1.165) is 25.3 Å². The van der Waals surface area contributed by atoms with Crippen LogP contribution in [0.1, 0.15) is 35.7 Å². The van der Waals surface area contributed by atoms with Crippen LogP contribution in [0.25, 0.3) is 10.9 Å². The number of benzene rings is 1. The highest BCUT2D eigenvalue weighted by Gasteiger charge is 2.25. The predicted molar refractivity (Wildman–Crippen MR) is 99.0 cm³/mol. The van der Waals surface area contributed by atoms with Gasteiger partial charge in [-0.1, -0.05) is 0 Å². The zero-order valence-corrected chi connectivity index (χ0v) is 14.8. The van der Waals surface area contributed by atoms with E-state index in [4.69, 9.17) is 5.84 Å². The molecule has 144 valence electrons. The summed E-state index contributed by atoms with van der Waals surface area (Å²) in [5.41, 5.74) is 2.90. The first kappa shape index (κ1) is 17.9. The van der Waals surface area contributed by atoms with E-state index in [1.54, 1.807) is 11.1 Å². The average Bonchev–Trinajstić information content (AvgIpc) is 2.58. The quantitative estimate of drug-likeness (QED) is 0.694. The van der Waals surface area contributed by atoms with Crippen LogP contribution in [-0.4, -0.2) is 51.8 Å². The summed E-state index contributed by atoms with van der Waals surface area (Å²) >= 11 is 0. The lowest BCUT2D eigenvalue weighted by atomic mass is 9.92. The predicted octanol–water partition coefficient (Wildman–Crippen LogP) is 1.38. The summed E-state index contributed by atoms with van der Waals surface area (Å²) in [6.45, 7) is 2.61. The summed E-state index contributed by atoms with van der Waals surface area (Å²) in [6.07, 6.45) is 4.27. The van der Waals surface area contributed by atoms with Crippen LogP contribution in [-0.2, 0) is 0 Å². The Morgan fingerprint density at radius 2 is 1.93 bits per heavy atom. The van der Waals surface area contributed by atoms with Gasteiger partial charge in [0.25, 0.3) is 0 Å². The van der Waals surface area contributed by atoms with Crippen LogP contribution in [0.3, 0.4) is 0 Å². The molecule has 0 spiro atoms. The maximum absolute atomic E-state index is 14.7. The molecule has 4 rings (SSSR count). The van der Waals surface area contributed by atoms with E-state index >= 15 is 0 Å². The zero-order valence-electron chi connectivity index (χ0n) is 14.8. The molecule has 2 aliphatic rings. The van der Waals surface area contributed by atoms with E-state index in [2.05, 4.69) is 5.43 Å². The summed E-state index contributed by atoms with van der Waals surface area (Å²) in [6, 6.07) is 2.87. The first-order chi connectivity index (χ1) is 12.9. The molecule has 2 fully saturated rings. The van der Waals surface area contributed by atoms with Gasteiger partial charge >= 0.3 is 5.97 Å². The molecule has 0 bridgehead atoms. The molecule has 0 unspecified atom stereocenters. The normalized spacial score (nSPS) is 19.2. The van der Waals surface area contributed by atoms with Gasteiger partial charge in [-0.3, -0.25) is 10.6 Å². The molecule has 1 saturated heterocycles.